The first kappa shape index (κ1) is 21.8. The Kier molecular flexibility index (Phi) is 5.66. The molecule has 4 rings (SSSR count). The number of aromatic nitrogens is 2. The molecule has 0 saturated carbocycles. The summed E-state index contributed by atoms with van der Waals surface area (Å²) in [5.74, 6) is -0.0312. The van der Waals surface area contributed by atoms with Crippen molar-refractivity contribution in [1.82, 2.24) is 15.3 Å². The molecule has 2 aromatic heterocycles. The van der Waals surface area contributed by atoms with Crippen LogP contribution >= 0.6 is 0 Å². The van der Waals surface area contributed by atoms with Crippen molar-refractivity contribution in [2.24, 2.45) is 0 Å². The number of amides is 3. The zero-order valence-electron chi connectivity index (χ0n) is 17.6. The third kappa shape index (κ3) is 4.46. The summed E-state index contributed by atoms with van der Waals surface area (Å²) in [5.41, 5.74) is 1.51. The van der Waals surface area contributed by atoms with Crippen LogP contribution in [0.25, 0.3) is 0 Å². The smallest absolute Gasteiger partial charge is 0.366 e. The number of carbonyl (C=O) groups excluding carboxylic acids is 2. The minimum Gasteiger partial charge on any atom is -0.366 e. The zero-order chi connectivity index (χ0) is 23.0. The van der Waals surface area contributed by atoms with Gasteiger partial charge in [-0.25, -0.2) is 14.8 Å². The van der Waals surface area contributed by atoms with Gasteiger partial charge in [-0.3, -0.25) is 15.0 Å². The predicted molar refractivity (Wildman–Crippen MR) is 113 cm³/mol. The van der Waals surface area contributed by atoms with Crippen LogP contribution in [0, 0.1) is 0 Å². The van der Waals surface area contributed by atoms with Crippen molar-refractivity contribution < 1.29 is 22.8 Å². The van der Waals surface area contributed by atoms with Gasteiger partial charge in [-0.05, 0) is 36.1 Å². The topological polar surface area (TPSA) is 90.5 Å². The number of anilines is 3. The molecule has 1 unspecified atom stereocenters. The molecule has 1 atom stereocenters. The quantitative estimate of drug-likeness (QED) is 0.747. The van der Waals surface area contributed by atoms with Crippen LogP contribution in [-0.2, 0) is 0 Å². The summed E-state index contributed by atoms with van der Waals surface area (Å²) in [6, 6.07) is 5.96. The number of urea groups is 1. The molecule has 0 aliphatic carbocycles. The molecule has 0 radical (unpaired) electrons. The summed E-state index contributed by atoms with van der Waals surface area (Å²) in [7, 11) is 0. The molecule has 2 N–H and O–H groups in total. The van der Waals surface area contributed by atoms with Gasteiger partial charge < -0.3 is 10.2 Å². The van der Waals surface area contributed by atoms with Crippen molar-refractivity contribution in [3.8, 4) is 0 Å². The fourth-order valence-electron chi connectivity index (χ4n) is 3.86. The van der Waals surface area contributed by atoms with E-state index in [2.05, 4.69) is 15.3 Å². The van der Waals surface area contributed by atoms with Crippen LogP contribution in [0.3, 0.4) is 0 Å². The Hall–Kier alpha value is -3.37. The first-order chi connectivity index (χ1) is 15.1. The maximum atomic E-state index is 13.1. The molecular weight excluding hydrogens is 425 g/mol. The van der Waals surface area contributed by atoms with Gasteiger partial charge >= 0.3 is 12.2 Å². The van der Waals surface area contributed by atoms with Gasteiger partial charge in [-0.15, -0.1) is 0 Å². The number of alkyl halides is 3. The molecule has 4 heterocycles. The van der Waals surface area contributed by atoms with Crippen molar-refractivity contribution >= 4 is 29.3 Å². The van der Waals surface area contributed by atoms with Crippen molar-refractivity contribution in [2.75, 3.05) is 34.8 Å². The second kappa shape index (κ2) is 8.29. The van der Waals surface area contributed by atoms with E-state index in [1.54, 1.807) is 18.3 Å². The van der Waals surface area contributed by atoms with Crippen LogP contribution in [0.4, 0.5) is 35.3 Å². The van der Waals surface area contributed by atoms with E-state index in [1.807, 2.05) is 30.1 Å². The average Bonchev–Trinajstić information content (AvgIpc) is 3.15. The van der Waals surface area contributed by atoms with Crippen LogP contribution in [0.2, 0.25) is 0 Å². The van der Waals surface area contributed by atoms with E-state index in [4.69, 9.17) is 0 Å². The van der Waals surface area contributed by atoms with E-state index >= 15 is 0 Å². The van der Waals surface area contributed by atoms with Gasteiger partial charge in [-0.2, -0.15) is 13.2 Å². The third-order valence-electron chi connectivity index (χ3n) is 5.54. The number of fused-ring (bicyclic) bond motifs is 4. The number of pyridine rings is 2. The highest BCUT2D eigenvalue weighted by Crippen LogP contribution is 2.39. The molecule has 1 saturated heterocycles. The van der Waals surface area contributed by atoms with Crippen molar-refractivity contribution in [1.29, 1.82) is 0 Å². The SMILES string of the molecule is CC(C)c1ccc(NC(=O)N2c3nc(C(=O)NCC(F)(F)F)ccc3N3CCC2C3)nc1. The Balaban J connectivity index is 1.58. The molecule has 3 amide bonds. The number of carbonyl (C=O) groups is 2. The number of nitrogens with one attached hydrogen (secondary N) is 2. The fourth-order valence-corrected chi connectivity index (χ4v) is 3.86. The molecular formula is C21H23F3N6O2. The van der Waals surface area contributed by atoms with Gasteiger partial charge in [0.25, 0.3) is 5.91 Å². The molecule has 2 bridgehead atoms. The van der Waals surface area contributed by atoms with E-state index in [0.717, 1.165) is 5.56 Å². The summed E-state index contributed by atoms with van der Waals surface area (Å²) < 4.78 is 37.4. The van der Waals surface area contributed by atoms with Crippen molar-refractivity contribution in [3.63, 3.8) is 0 Å². The first-order valence-electron chi connectivity index (χ1n) is 10.3. The lowest BCUT2D eigenvalue weighted by Crippen LogP contribution is -2.48. The third-order valence-corrected chi connectivity index (χ3v) is 5.54. The second-order valence-electron chi connectivity index (χ2n) is 8.16. The van der Waals surface area contributed by atoms with E-state index in [1.165, 1.54) is 11.0 Å². The van der Waals surface area contributed by atoms with Crippen LogP contribution < -0.4 is 20.4 Å². The molecule has 32 heavy (non-hydrogen) atoms. The van der Waals surface area contributed by atoms with Crippen LogP contribution in [-0.4, -0.2) is 53.8 Å². The van der Waals surface area contributed by atoms with Gasteiger partial charge in [0, 0.05) is 19.3 Å². The van der Waals surface area contributed by atoms with Crippen molar-refractivity contribution in [3.05, 3.63) is 41.7 Å². The number of hydrogen-bond donors (Lipinski definition) is 2. The maximum absolute atomic E-state index is 13.1. The molecule has 11 heteroatoms. The number of hydrogen-bond acceptors (Lipinski definition) is 5. The number of rotatable bonds is 4. The van der Waals surface area contributed by atoms with E-state index in [-0.39, 0.29) is 17.6 Å². The molecule has 1 fully saturated rings. The van der Waals surface area contributed by atoms with E-state index < -0.39 is 24.7 Å². The fraction of sp³-hybridized carbons (Fsp3) is 0.429. The van der Waals surface area contributed by atoms with Crippen LogP contribution in [0.15, 0.2) is 30.5 Å². The number of nitrogens with zero attached hydrogens (tertiary/aromatic N) is 4. The Bertz CT molecular complexity index is 1030. The maximum Gasteiger partial charge on any atom is 0.405 e. The van der Waals surface area contributed by atoms with E-state index in [0.29, 0.717) is 36.9 Å². The van der Waals surface area contributed by atoms with Gasteiger partial charge in [0.05, 0.1) is 11.7 Å². The highest BCUT2D eigenvalue weighted by molar-refractivity contribution is 6.05. The largest absolute Gasteiger partial charge is 0.405 e. The Labute approximate surface area is 182 Å². The Morgan fingerprint density at radius 1 is 1.22 bits per heavy atom. The van der Waals surface area contributed by atoms with Gasteiger partial charge in [0.2, 0.25) is 0 Å². The zero-order valence-corrected chi connectivity index (χ0v) is 17.6. The Morgan fingerprint density at radius 3 is 2.66 bits per heavy atom. The summed E-state index contributed by atoms with van der Waals surface area (Å²) in [5, 5.41) is 4.58. The molecule has 2 aliphatic heterocycles. The summed E-state index contributed by atoms with van der Waals surface area (Å²) in [4.78, 5) is 37.4. The lowest BCUT2D eigenvalue weighted by atomic mass is 10.1. The second-order valence-corrected chi connectivity index (χ2v) is 8.16. The molecule has 8 nitrogen and oxygen atoms in total. The molecule has 0 aromatic carbocycles. The summed E-state index contributed by atoms with van der Waals surface area (Å²) in [6.07, 6.45) is -2.12. The standard InChI is InChI=1S/C21H23F3N6O2/c1-12(2)13-3-6-17(25-9-13)28-20(32)30-14-7-8-29(10-14)16-5-4-15(27-18(16)30)19(31)26-11-21(22,23)24/h3-6,9,12,14H,7-8,10-11H2,1-2H3,(H,26,31)(H,25,28,32). The monoisotopic (exact) mass is 448 g/mol. The Morgan fingerprint density at radius 2 is 2.00 bits per heavy atom. The highest BCUT2D eigenvalue weighted by atomic mass is 19.4. The molecule has 0 spiro atoms. The van der Waals surface area contributed by atoms with Gasteiger partial charge in [-0.1, -0.05) is 19.9 Å². The lowest BCUT2D eigenvalue weighted by molar-refractivity contribution is -0.123. The molecule has 2 aliphatic rings. The number of halogens is 3. The molecule has 2 aromatic rings. The first-order valence-corrected chi connectivity index (χ1v) is 10.3. The van der Waals surface area contributed by atoms with Crippen molar-refractivity contribution in [2.45, 2.75) is 38.4 Å². The highest BCUT2D eigenvalue weighted by Gasteiger charge is 2.40. The average molecular weight is 448 g/mol. The summed E-state index contributed by atoms with van der Waals surface area (Å²) >= 11 is 0. The van der Waals surface area contributed by atoms with E-state index in [9.17, 15) is 22.8 Å². The van der Waals surface area contributed by atoms with Gasteiger partial charge in [0.15, 0.2) is 5.82 Å². The van der Waals surface area contributed by atoms with Crippen LogP contribution in [0.1, 0.15) is 42.2 Å². The predicted octanol–water partition coefficient (Wildman–Crippen LogP) is 3.52. The minimum absolute atomic E-state index is 0.168. The van der Waals surface area contributed by atoms with Crippen LogP contribution in [0.5, 0.6) is 0 Å². The normalized spacial score (nSPS) is 17.4. The summed E-state index contributed by atoms with van der Waals surface area (Å²) in [6.45, 7) is 3.95. The molecule has 170 valence electrons. The minimum atomic E-state index is -4.53. The van der Waals surface area contributed by atoms with Gasteiger partial charge in [0.1, 0.15) is 18.1 Å². The lowest BCUT2D eigenvalue weighted by Gasteiger charge is -2.35.